The molecule has 20 heavy (non-hydrogen) atoms. The fourth-order valence-corrected chi connectivity index (χ4v) is 2.46. The number of ether oxygens (including phenoxy) is 1. The first-order valence-corrected chi connectivity index (χ1v) is 10.3. The quantitative estimate of drug-likeness (QED) is 0.577. The van der Waals surface area contributed by atoms with Gasteiger partial charge in [-0.15, -0.1) is 5.54 Å². The Labute approximate surface area is 122 Å². The Hall–Kier alpha value is -1.98. The molecule has 0 N–H and O–H groups in total. The standard InChI is InChI=1S/C18H20OSi/c1-19-18-12-8-7-11-17(18)16-10-6-5-9-15(16)13-14-20(2,3)4/h5-12H,1-4H3. The predicted octanol–water partition coefficient (Wildman–Crippen LogP) is 4.59. The van der Waals surface area contributed by atoms with Gasteiger partial charge in [-0.05, 0) is 12.1 Å². The monoisotopic (exact) mass is 280 g/mol. The first-order valence-electron chi connectivity index (χ1n) is 6.77. The summed E-state index contributed by atoms with van der Waals surface area (Å²) in [5, 5.41) is 0. The fraction of sp³-hybridized carbons (Fsp3) is 0.222. The van der Waals surface area contributed by atoms with Crippen molar-refractivity contribution in [2.24, 2.45) is 0 Å². The lowest BCUT2D eigenvalue weighted by Crippen LogP contribution is -2.16. The minimum absolute atomic E-state index is 0.884. The molecule has 0 aliphatic carbocycles. The average Bonchev–Trinajstić information content (AvgIpc) is 2.44. The Morgan fingerprint density at radius 2 is 1.45 bits per heavy atom. The van der Waals surface area contributed by atoms with Crippen LogP contribution in [0.4, 0.5) is 0 Å². The van der Waals surface area contributed by atoms with Crippen LogP contribution in [-0.2, 0) is 0 Å². The number of hydrogen-bond donors (Lipinski definition) is 0. The third-order valence-electron chi connectivity index (χ3n) is 2.90. The topological polar surface area (TPSA) is 9.23 Å². The van der Waals surface area contributed by atoms with Gasteiger partial charge in [0.2, 0.25) is 0 Å². The molecule has 2 rings (SSSR count). The summed E-state index contributed by atoms with van der Waals surface area (Å²) in [5.41, 5.74) is 6.73. The predicted molar refractivity (Wildman–Crippen MR) is 88.7 cm³/mol. The fourth-order valence-electron chi connectivity index (χ4n) is 1.95. The third-order valence-corrected chi connectivity index (χ3v) is 3.77. The molecule has 0 aliphatic heterocycles. The molecule has 0 amide bonds. The summed E-state index contributed by atoms with van der Waals surface area (Å²) in [6.07, 6.45) is 0. The molecule has 0 fully saturated rings. The van der Waals surface area contributed by atoms with Crippen molar-refractivity contribution in [3.8, 4) is 28.3 Å². The van der Waals surface area contributed by atoms with E-state index in [-0.39, 0.29) is 0 Å². The van der Waals surface area contributed by atoms with Gasteiger partial charge in [0.1, 0.15) is 13.8 Å². The van der Waals surface area contributed by atoms with Gasteiger partial charge < -0.3 is 4.74 Å². The van der Waals surface area contributed by atoms with Gasteiger partial charge in [-0.1, -0.05) is 62.0 Å². The van der Waals surface area contributed by atoms with Gasteiger partial charge in [0, 0.05) is 16.7 Å². The van der Waals surface area contributed by atoms with Crippen molar-refractivity contribution in [2.75, 3.05) is 7.11 Å². The molecule has 0 aromatic heterocycles. The van der Waals surface area contributed by atoms with Crippen molar-refractivity contribution in [2.45, 2.75) is 19.6 Å². The molecule has 1 nitrogen and oxygen atoms in total. The summed E-state index contributed by atoms with van der Waals surface area (Å²) in [4.78, 5) is 0. The average molecular weight is 280 g/mol. The number of rotatable bonds is 2. The van der Waals surface area contributed by atoms with Crippen LogP contribution in [0.2, 0.25) is 19.6 Å². The third kappa shape index (κ3) is 3.52. The Balaban J connectivity index is 2.55. The molecule has 0 saturated heterocycles. The lowest BCUT2D eigenvalue weighted by atomic mass is 9.99. The van der Waals surface area contributed by atoms with Gasteiger partial charge in [0.15, 0.2) is 0 Å². The number of para-hydroxylation sites is 1. The van der Waals surface area contributed by atoms with Crippen molar-refractivity contribution in [1.29, 1.82) is 0 Å². The first kappa shape index (κ1) is 14.4. The molecule has 2 heteroatoms. The van der Waals surface area contributed by atoms with E-state index in [0.717, 1.165) is 22.4 Å². The molecular weight excluding hydrogens is 260 g/mol. The van der Waals surface area contributed by atoms with E-state index >= 15 is 0 Å². The Kier molecular flexibility index (Phi) is 4.31. The zero-order chi connectivity index (χ0) is 14.6. The van der Waals surface area contributed by atoms with Crippen molar-refractivity contribution in [1.82, 2.24) is 0 Å². The van der Waals surface area contributed by atoms with Crippen LogP contribution in [0, 0.1) is 11.5 Å². The summed E-state index contributed by atoms with van der Waals surface area (Å²) in [5.74, 6) is 4.24. The highest BCUT2D eigenvalue weighted by atomic mass is 28.3. The van der Waals surface area contributed by atoms with Crippen LogP contribution in [0.15, 0.2) is 48.5 Å². The SMILES string of the molecule is COc1ccccc1-c1ccccc1C#C[Si](C)(C)C. The van der Waals surface area contributed by atoms with Crippen LogP contribution in [0.3, 0.4) is 0 Å². The minimum Gasteiger partial charge on any atom is -0.496 e. The number of benzene rings is 2. The second-order valence-corrected chi connectivity index (χ2v) is 10.5. The molecule has 0 atom stereocenters. The highest BCUT2D eigenvalue weighted by molar-refractivity contribution is 6.83. The normalized spacial score (nSPS) is 10.6. The maximum Gasteiger partial charge on any atom is 0.129 e. The van der Waals surface area contributed by atoms with Crippen molar-refractivity contribution in [3.63, 3.8) is 0 Å². The van der Waals surface area contributed by atoms with Gasteiger partial charge >= 0.3 is 0 Å². The Morgan fingerprint density at radius 3 is 2.10 bits per heavy atom. The maximum atomic E-state index is 5.46. The van der Waals surface area contributed by atoms with E-state index in [1.54, 1.807) is 7.11 Å². The van der Waals surface area contributed by atoms with Gasteiger partial charge in [0.05, 0.1) is 7.11 Å². The van der Waals surface area contributed by atoms with E-state index < -0.39 is 8.07 Å². The molecular formula is C18H20OSi. The molecule has 0 saturated carbocycles. The summed E-state index contributed by atoms with van der Waals surface area (Å²) < 4.78 is 5.46. The van der Waals surface area contributed by atoms with Gasteiger partial charge in [-0.25, -0.2) is 0 Å². The molecule has 0 unspecified atom stereocenters. The zero-order valence-electron chi connectivity index (χ0n) is 12.5. The lowest BCUT2D eigenvalue weighted by Gasteiger charge is -2.10. The molecule has 102 valence electrons. The number of hydrogen-bond acceptors (Lipinski definition) is 1. The molecule has 0 aliphatic rings. The largest absolute Gasteiger partial charge is 0.496 e. The minimum atomic E-state index is -1.38. The summed E-state index contributed by atoms with van der Waals surface area (Å²) in [6, 6.07) is 16.3. The van der Waals surface area contributed by atoms with E-state index in [1.807, 2.05) is 30.3 Å². The maximum absolute atomic E-state index is 5.46. The summed E-state index contributed by atoms with van der Waals surface area (Å²) >= 11 is 0. The molecule has 2 aromatic carbocycles. The summed E-state index contributed by atoms with van der Waals surface area (Å²) in [7, 11) is 0.325. The van der Waals surface area contributed by atoms with Crippen LogP contribution in [-0.4, -0.2) is 15.2 Å². The Bertz CT molecular complexity index is 657. The first-order chi connectivity index (χ1) is 9.51. The van der Waals surface area contributed by atoms with Gasteiger partial charge in [0.25, 0.3) is 0 Å². The molecule has 0 bridgehead atoms. The zero-order valence-corrected chi connectivity index (χ0v) is 13.5. The van der Waals surface area contributed by atoms with Crippen LogP contribution in [0.5, 0.6) is 5.75 Å². The van der Waals surface area contributed by atoms with Gasteiger partial charge in [-0.2, -0.15) is 0 Å². The van der Waals surface area contributed by atoms with Crippen LogP contribution in [0.1, 0.15) is 5.56 Å². The molecule has 0 radical (unpaired) electrons. The van der Waals surface area contributed by atoms with Crippen molar-refractivity contribution >= 4 is 8.07 Å². The Morgan fingerprint density at radius 1 is 0.850 bits per heavy atom. The highest BCUT2D eigenvalue weighted by Crippen LogP contribution is 2.31. The molecule has 0 heterocycles. The molecule has 2 aromatic rings. The lowest BCUT2D eigenvalue weighted by molar-refractivity contribution is 0.416. The van der Waals surface area contributed by atoms with Crippen molar-refractivity contribution < 1.29 is 4.74 Å². The molecule has 0 spiro atoms. The van der Waals surface area contributed by atoms with E-state index in [1.165, 1.54) is 0 Å². The number of methoxy groups -OCH3 is 1. The van der Waals surface area contributed by atoms with Crippen LogP contribution < -0.4 is 4.74 Å². The van der Waals surface area contributed by atoms with E-state index in [4.69, 9.17) is 4.74 Å². The van der Waals surface area contributed by atoms with Crippen LogP contribution >= 0.6 is 0 Å². The summed E-state index contributed by atoms with van der Waals surface area (Å²) in [6.45, 7) is 6.77. The second-order valence-electron chi connectivity index (χ2n) is 5.75. The van der Waals surface area contributed by atoms with E-state index in [2.05, 4.69) is 49.3 Å². The van der Waals surface area contributed by atoms with Crippen LogP contribution in [0.25, 0.3) is 11.1 Å². The highest BCUT2D eigenvalue weighted by Gasteiger charge is 2.10. The van der Waals surface area contributed by atoms with E-state index in [9.17, 15) is 0 Å². The van der Waals surface area contributed by atoms with Gasteiger partial charge in [-0.3, -0.25) is 0 Å². The smallest absolute Gasteiger partial charge is 0.129 e. The van der Waals surface area contributed by atoms with Crippen molar-refractivity contribution in [3.05, 3.63) is 54.1 Å². The van der Waals surface area contributed by atoms with E-state index in [0.29, 0.717) is 0 Å². The second kappa shape index (κ2) is 5.98.